The van der Waals surface area contributed by atoms with Crippen LogP contribution in [0.15, 0.2) is 18.2 Å². The second-order valence-electron chi connectivity index (χ2n) is 6.24. The molecule has 5 heteroatoms. The van der Waals surface area contributed by atoms with Gasteiger partial charge in [-0.1, -0.05) is 29.3 Å². The van der Waals surface area contributed by atoms with Gasteiger partial charge in [-0.15, -0.1) is 0 Å². The number of amides is 1. The number of carbonyl (C=O) groups is 1. The van der Waals surface area contributed by atoms with Gasteiger partial charge in [-0.2, -0.15) is 0 Å². The van der Waals surface area contributed by atoms with Crippen molar-refractivity contribution in [2.45, 2.75) is 50.1 Å². The molecule has 2 fully saturated rings. The highest BCUT2D eigenvalue weighted by Gasteiger charge is 2.44. The lowest BCUT2D eigenvalue weighted by atomic mass is 9.91. The highest BCUT2D eigenvalue weighted by atomic mass is 35.5. The maximum absolute atomic E-state index is 12.3. The molecule has 21 heavy (non-hydrogen) atoms. The number of carbonyl (C=O) groups excluding carboxylic acids is 1. The summed E-state index contributed by atoms with van der Waals surface area (Å²) in [5, 5.41) is 4.29. The van der Waals surface area contributed by atoms with Gasteiger partial charge in [0.2, 0.25) is 5.91 Å². The number of halogens is 2. The maximum atomic E-state index is 12.3. The number of nitrogens with one attached hydrogen (secondary N) is 1. The molecule has 0 aliphatic heterocycles. The quantitative estimate of drug-likeness (QED) is 0.893. The molecular formula is C16H20Cl2N2O. The normalized spacial score (nSPS) is 31.8. The summed E-state index contributed by atoms with van der Waals surface area (Å²) in [6.45, 7) is 0. The minimum Gasteiger partial charge on any atom is -0.353 e. The summed E-state index contributed by atoms with van der Waals surface area (Å²) in [6, 6.07) is 6.25. The van der Waals surface area contributed by atoms with Crippen LogP contribution >= 0.6 is 23.2 Å². The van der Waals surface area contributed by atoms with Crippen molar-refractivity contribution >= 4 is 29.1 Å². The molecule has 3 N–H and O–H groups in total. The Balaban J connectivity index is 1.54. The van der Waals surface area contributed by atoms with E-state index in [9.17, 15) is 4.79 Å². The Morgan fingerprint density at radius 1 is 1.14 bits per heavy atom. The minimum absolute atomic E-state index is 0.0813. The summed E-state index contributed by atoms with van der Waals surface area (Å²) >= 11 is 12.0. The average Bonchev–Trinajstić information content (AvgIpc) is 3.25. The third-order valence-electron chi connectivity index (χ3n) is 4.62. The second kappa shape index (κ2) is 6.15. The first-order chi connectivity index (χ1) is 10.0. The molecule has 3 rings (SSSR count). The maximum Gasteiger partial charge on any atom is 0.223 e. The summed E-state index contributed by atoms with van der Waals surface area (Å²) in [6.07, 6.45) is 4.90. The summed E-state index contributed by atoms with van der Waals surface area (Å²) in [5.74, 6) is 0.537. The zero-order valence-corrected chi connectivity index (χ0v) is 13.3. The molecule has 2 aliphatic rings. The van der Waals surface area contributed by atoms with E-state index in [1.807, 2.05) is 12.1 Å². The number of hydrogen-bond donors (Lipinski definition) is 2. The van der Waals surface area contributed by atoms with E-state index in [1.54, 1.807) is 6.07 Å². The van der Waals surface area contributed by atoms with Crippen LogP contribution in [-0.4, -0.2) is 18.0 Å². The predicted molar refractivity (Wildman–Crippen MR) is 85.7 cm³/mol. The van der Waals surface area contributed by atoms with Gasteiger partial charge in [0, 0.05) is 18.0 Å². The van der Waals surface area contributed by atoms with E-state index in [-0.39, 0.29) is 17.7 Å². The van der Waals surface area contributed by atoms with Gasteiger partial charge in [-0.05, 0) is 55.7 Å². The third-order valence-corrected chi connectivity index (χ3v) is 5.36. The Bertz CT molecular complexity index is 541. The van der Waals surface area contributed by atoms with Gasteiger partial charge in [-0.3, -0.25) is 4.79 Å². The lowest BCUT2D eigenvalue weighted by Crippen LogP contribution is -2.41. The largest absolute Gasteiger partial charge is 0.353 e. The van der Waals surface area contributed by atoms with Crippen LogP contribution in [0.25, 0.3) is 0 Å². The van der Waals surface area contributed by atoms with Gasteiger partial charge in [0.1, 0.15) is 0 Å². The molecule has 3 nitrogen and oxygen atoms in total. The van der Waals surface area contributed by atoms with Gasteiger partial charge in [-0.25, -0.2) is 0 Å². The molecule has 0 spiro atoms. The molecular weight excluding hydrogens is 307 g/mol. The molecule has 1 amide bonds. The number of hydrogen-bond acceptors (Lipinski definition) is 2. The summed E-state index contributed by atoms with van der Waals surface area (Å²) < 4.78 is 0. The van der Waals surface area contributed by atoms with Crippen LogP contribution in [-0.2, 0) is 4.79 Å². The molecule has 1 aromatic rings. The highest BCUT2D eigenvalue weighted by molar-refractivity contribution is 6.42. The molecule has 114 valence electrons. The zero-order chi connectivity index (χ0) is 15.0. The average molecular weight is 327 g/mol. The Hall–Kier alpha value is -0.770. The monoisotopic (exact) mass is 326 g/mol. The van der Waals surface area contributed by atoms with E-state index in [0.717, 1.165) is 37.7 Å². The Morgan fingerprint density at radius 2 is 1.86 bits per heavy atom. The van der Waals surface area contributed by atoms with Crippen LogP contribution in [0.4, 0.5) is 0 Å². The van der Waals surface area contributed by atoms with E-state index >= 15 is 0 Å². The summed E-state index contributed by atoms with van der Waals surface area (Å²) in [7, 11) is 0. The summed E-state index contributed by atoms with van der Waals surface area (Å²) in [4.78, 5) is 12.3. The summed E-state index contributed by atoms with van der Waals surface area (Å²) in [5.41, 5.74) is 7.00. The van der Waals surface area contributed by atoms with Crippen molar-refractivity contribution in [3.63, 3.8) is 0 Å². The molecule has 0 bridgehead atoms. The van der Waals surface area contributed by atoms with Crippen molar-refractivity contribution in [2.75, 3.05) is 0 Å². The van der Waals surface area contributed by atoms with Crippen LogP contribution < -0.4 is 11.1 Å². The first-order valence-corrected chi connectivity index (χ1v) is 8.31. The SMILES string of the molecule is NC1CCC(NC(=O)C2CC2c2ccc(Cl)c(Cl)c2)CC1. The standard InChI is InChI=1S/C16H20Cl2N2O/c17-14-6-1-9(7-15(14)18)12-8-13(12)16(21)20-11-4-2-10(19)3-5-11/h1,6-7,10-13H,2-5,8,19H2,(H,20,21). The molecule has 2 unspecified atom stereocenters. The lowest BCUT2D eigenvalue weighted by molar-refractivity contribution is -0.123. The Morgan fingerprint density at radius 3 is 2.52 bits per heavy atom. The van der Waals surface area contributed by atoms with Crippen molar-refractivity contribution < 1.29 is 4.79 Å². The second-order valence-corrected chi connectivity index (χ2v) is 7.06. The van der Waals surface area contributed by atoms with E-state index in [1.165, 1.54) is 0 Å². The van der Waals surface area contributed by atoms with Crippen LogP contribution in [0.5, 0.6) is 0 Å². The number of rotatable bonds is 3. The van der Waals surface area contributed by atoms with Crippen molar-refractivity contribution in [1.82, 2.24) is 5.32 Å². The molecule has 0 aromatic heterocycles. The van der Waals surface area contributed by atoms with Gasteiger partial charge in [0.25, 0.3) is 0 Å². The van der Waals surface area contributed by atoms with Gasteiger partial charge in [0.05, 0.1) is 10.0 Å². The minimum atomic E-state index is 0.0813. The fraction of sp³-hybridized carbons (Fsp3) is 0.562. The fourth-order valence-electron chi connectivity index (χ4n) is 3.17. The van der Waals surface area contributed by atoms with Gasteiger partial charge >= 0.3 is 0 Å². The van der Waals surface area contributed by atoms with E-state index in [2.05, 4.69) is 5.32 Å². The van der Waals surface area contributed by atoms with Crippen LogP contribution in [0.3, 0.4) is 0 Å². The molecule has 1 aromatic carbocycles. The van der Waals surface area contributed by atoms with Crippen molar-refractivity contribution in [2.24, 2.45) is 11.7 Å². The Kier molecular flexibility index (Phi) is 4.43. The number of nitrogens with two attached hydrogens (primary N) is 1. The highest BCUT2D eigenvalue weighted by Crippen LogP contribution is 2.48. The Labute approximate surface area is 135 Å². The number of benzene rings is 1. The van der Waals surface area contributed by atoms with Crippen molar-refractivity contribution in [3.05, 3.63) is 33.8 Å². The van der Waals surface area contributed by atoms with Crippen LogP contribution in [0.1, 0.15) is 43.6 Å². The van der Waals surface area contributed by atoms with Crippen LogP contribution in [0, 0.1) is 5.92 Å². The van der Waals surface area contributed by atoms with E-state index in [0.29, 0.717) is 22.1 Å². The molecule has 0 saturated heterocycles. The van der Waals surface area contributed by atoms with Gasteiger partial charge < -0.3 is 11.1 Å². The van der Waals surface area contributed by atoms with Crippen molar-refractivity contribution in [3.8, 4) is 0 Å². The molecule has 2 aliphatic carbocycles. The lowest BCUT2D eigenvalue weighted by Gasteiger charge is -2.26. The topological polar surface area (TPSA) is 55.1 Å². The molecule has 0 heterocycles. The molecule has 2 atom stereocenters. The van der Waals surface area contributed by atoms with E-state index in [4.69, 9.17) is 28.9 Å². The molecule has 0 radical (unpaired) electrons. The van der Waals surface area contributed by atoms with Gasteiger partial charge in [0.15, 0.2) is 0 Å². The van der Waals surface area contributed by atoms with Crippen molar-refractivity contribution in [1.29, 1.82) is 0 Å². The smallest absolute Gasteiger partial charge is 0.223 e. The van der Waals surface area contributed by atoms with E-state index < -0.39 is 0 Å². The predicted octanol–water partition coefficient (Wildman–Crippen LogP) is 3.48. The molecule has 2 saturated carbocycles. The fourth-order valence-corrected chi connectivity index (χ4v) is 3.47. The zero-order valence-electron chi connectivity index (χ0n) is 11.8. The van der Waals surface area contributed by atoms with Crippen LogP contribution in [0.2, 0.25) is 10.0 Å². The third kappa shape index (κ3) is 3.53. The first-order valence-electron chi connectivity index (χ1n) is 7.55. The first kappa shape index (κ1) is 15.1.